The third-order valence-corrected chi connectivity index (χ3v) is 16.3. The first-order valence-corrected chi connectivity index (χ1v) is 28.2. The maximum Gasteiger partial charge on any atom is 0.410 e. The molecule has 0 bridgehead atoms. The van der Waals surface area contributed by atoms with Gasteiger partial charge in [0.05, 0.1) is 52.7 Å². The van der Waals surface area contributed by atoms with Crippen LogP contribution < -0.4 is 21.5 Å². The van der Waals surface area contributed by atoms with Crippen LogP contribution in [0, 0.1) is 24.1 Å². The molecule has 2 aliphatic heterocycles. The summed E-state index contributed by atoms with van der Waals surface area (Å²) in [6.45, 7) is 22.7. The number of aromatic nitrogens is 2. The highest BCUT2D eigenvalue weighted by Crippen LogP contribution is 2.47. The van der Waals surface area contributed by atoms with Gasteiger partial charge in [0, 0.05) is 60.7 Å². The number of esters is 1. The Kier molecular flexibility index (Phi) is 18.8. The maximum absolute atomic E-state index is 15.6. The second-order valence-corrected chi connectivity index (χ2v) is 24.1. The molecule has 0 fully saturated rings. The van der Waals surface area contributed by atoms with Gasteiger partial charge in [-0.1, -0.05) is 33.8 Å². The van der Waals surface area contributed by atoms with E-state index in [9.17, 15) is 28.8 Å². The molecule has 2 aliphatic carbocycles. The molecule has 77 heavy (non-hydrogen) atoms. The quantitative estimate of drug-likeness (QED) is 0.0408. The van der Waals surface area contributed by atoms with Gasteiger partial charge >= 0.3 is 12.1 Å². The fraction of sp³-hybridized carbons (Fsp3) is 0.650. The summed E-state index contributed by atoms with van der Waals surface area (Å²) in [5.41, 5.74) is 3.62. The van der Waals surface area contributed by atoms with Gasteiger partial charge in [-0.15, -0.1) is 0 Å². The highest BCUT2D eigenvalue weighted by Gasteiger charge is 2.40. The minimum atomic E-state index is -0.784. The molecule has 16 nitrogen and oxygen atoms in total. The summed E-state index contributed by atoms with van der Waals surface area (Å²) in [5.74, 6) is -2.22. The highest BCUT2D eigenvalue weighted by atomic mass is 19.1. The predicted octanol–water partition coefficient (Wildman–Crippen LogP) is 9.70. The lowest BCUT2D eigenvalue weighted by atomic mass is 9.81. The zero-order chi connectivity index (χ0) is 56.1. The first-order valence-electron chi connectivity index (χ1n) is 28.2. The van der Waals surface area contributed by atoms with Crippen molar-refractivity contribution < 1.29 is 47.3 Å². The number of amides is 4. The summed E-state index contributed by atoms with van der Waals surface area (Å²) in [6.07, 6.45) is 9.93. The van der Waals surface area contributed by atoms with Gasteiger partial charge in [-0.05, 0) is 166 Å². The van der Waals surface area contributed by atoms with Gasteiger partial charge in [0.25, 0.3) is 5.56 Å². The molecule has 1 aromatic carbocycles. The van der Waals surface area contributed by atoms with Crippen molar-refractivity contribution in [2.45, 2.75) is 214 Å². The fourth-order valence-corrected chi connectivity index (χ4v) is 11.1. The van der Waals surface area contributed by atoms with E-state index >= 15 is 4.39 Å². The van der Waals surface area contributed by atoms with Crippen LogP contribution in [-0.2, 0) is 57.7 Å². The lowest BCUT2D eigenvalue weighted by Gasteiger charge is -2.35. The second kappa shape index (κ2) is 24.6. The molecule has 4 aliphatic rings. The third kappa shape index (κ3) is 13.8. The summed E-state index contributed by atoms with van der Waals surface area (Å²) in [7, 11) is 1.71. The van der Waals surface area contributed by atoms with Crippen molar-refractivity contribution in [3.05, 3.63) is 73.8 Å². The number of carbonyl (C=O) groups excluding carboxylic acids is 5. The van der Waals surface area contributed by atoms with Crippen LogP contribution >= 0.6 is 0 Å². The number of ether oxygens (including phenoxy) is 4. The Morgan fingerprint density at radius 2 is 1.71 bits per heavy atom. The maximum atomic E-state index is 15.6. The number of cyclic esters (lactones) is 1. The number of allylic oxidation sites excluding steroid dienone is 1. The summed E-state index contributed by atoms with van der Waals surface area (Å²) in [6, 6.07) is 2.02. The SMILES string of the molecule is CCC(C)OCCC(C)(C)C(=O)NC(CCCCNC(=O)C1CC/C=C/C(OC(=O)N(C)C2CCc3c(C)c(F)cc4nc5c(c2c34)Cn2c-5cc3c(c2=O)COC(=O)C3CC)CC1)C(=O)NC(C)(C)CCOC(C)(C)C. The zero-order valence-electron chi connectivity index (χ0n) is 47.8. The minimum Gasteiger partial charge on any atom is -0.460 e. The van der Waals surface area contributed by atoms with Crippen molar-refractivity contribution in [3.63, 3.8) is 0 Å². The van der Waals surface area contributed by atoms with Crippen LogP contribution in [0.25, 0.3) is 22.3 Å². The zero-order valence-corrected chi connectivity index (χ0v) is 47.8. The molecular weight excluding hydrogens is 984 g/mol. The van der Waals surface area contributed by atoms with E-state index in [1.54, 1.807) is 23.4 Å². The molecule has 0 spiro atoms. The number of aryl methyl sites for hydroxylation is 1. The van der Waals surface area contributed by atoms with Crippen molar-refractivity contribution in [1.29, 1.82) is 0 Å². The van der Waals surface area contributed by atoms with Crippen LogP contribution in [-0.4, -0.2) is 100 Å². The number of benzene rings is 1. The van der Waals surface area contributed by atoms with Gasteiger partial charge < -0.3 is 44.4 Å². The number of carbonyl (C=O) groups is 5. The Bertz CT molecular complexity index is 2800. The van der Waals surface area contributed by atoms with Gasteiger partial charge in [-0.2, -0.15) is 0 Å². The van der Waals surface area contributed by atoms with E-state index in [1.807, 2.05) is 80.5 Å². The highest BCUT2D eigenvalue weighted by molar-refractivity contribution is 5.94. The molecule has 4 amide bonds. The van der Waals surface area contributed by atoms with Crippen molar-refractivity contribution in [2.75, 3.05) is 26.8 Å². The van der Waals surface area contributed by atoms with E-state index in [-0.39, 0.29) is 65.8 Å². The van der Waals surface area contributed by atoms with Crippen molar-refractivity contribution in [3.8, 4) is 11.4 Å². The molecule has 7 rings (SSSR count). The molecule has 422 valence electrons. The molecule has 3 N–H and O–H groups in total. The number of rotatable bonds is 21. The molecule has 0 radical (unpaired) electrons. The first kappa shape index (κ1) is 59.0. The molecule has 2 aromatic heterocycles. The lowest BCUT2D eigenvalue weighted by Crippen LogP contribution is -2.55. The Hall–Kier alpha value is -5.68. The van der Waals surface area contributed by atoms with Gasteiger partial charge in [0.15, 0.2) is 0 Å². The molecule has 6 unspecified atom stereocenters. The Morgan fingerprint density at radius 3 is 2.43 bits per heavy atom. The monoisotopic (exact) mass is 1070 g/mol. The number of pyridine rings is 2. The standard InChI is InChI=1S/C60H85FN6O10/c1-13-35(3)74-29-26-59(8,9)56(72)64-45(53(69)65-60(10,11)27-30-76-58(5,6)7)21-17-18-28-62-52(68)37-19-15-16-20-38(23-22-37)77-57(73)66(12)47-25-24-40-36(4)44(61)32-46-49(40)50(47)42-33-67-48(51(42)63-46)31-41-39(14-2)55(71)75-34-43(41)54(67)70/h16,20,31-32,35,37-39,45,47H,13-15,17-19,21-30,33-34H2,1-12H3,(H,62,68)(H,64,72)(H,65,69)/b20-16+. The lowest BCUT2D eigenvalue weighted by molar-refractivity contribution is -0.148. The van der Waals surface area contributed by atoms with Crippen LogP contribution in [0.15, 0.2) is 29.1 Å². The Labute approximate surface area is 454 Å². The number of nitrogens with one attached hydrogen (secondary N) is 3. The van der Waals surface area contributed by atoms with E-state index < -0.39 is 41.2 Å². The topological polar surface area (TPSA) is 196 Å². The van der Waals surface area contributed by atoms with E-state index in [4.69, 9.17) is 23.9 Å². The summed E-state index contributed by atoms with van der Waals surface area (Å²) >= 11 is 0. The summed E-state index contributed by atoms with van der Waals surface area (Å²) in [5, 5.41) is 10.1. The van der Waals surface area contributed by atoms with Crippen LogP contribution in [0.5, 0.6) is 0 Å². The van der Waals surface area contributed by atoms with Crippen LogP contribution in [0.1, 0.15) is 192 Å². The van der Waals surface area contributed by atoms with Gasteiger partial charge in [0.2, 0.25) is 17.7 Å². The number of halogens is 1. The molecule has 0 saturated heterocycles. The van der Waals surface area contributed by atoms with E-state index in [1.165, 1.54) is 6.07 Å². The molecule has 17 heteroatoms. The minimum absolute atomic E-state index is 0.0841. The predicted molar refractivity (Wildman–Crippen MR) is 294 cm³/mol. The van der Waals surface area contributed by atoms with Crippen LogP contribution in [0.3, 0.4) is 0 Å². The van der Waals surface area contributed by atoms with Gasteiger partial charge in [-0.25, -0.2) is 14.2 Å². The summed E-state index contributed by atoms with van der Waals surface area (Å²) < 4.78 is 40.7. The molecular formula is C60H85FN6O10. The van der Waals surface area contributed by atoms with E-state index in [0.29, 0.717) is 130 Å². The van der Waals surface area contributed by atoms with E-state index in [0.717, 1.165) is 28.5 Å². The number of fused-ring (bicyclic) bond motifs is 5. The van der Waals surface area contributed by atoms with Crippen LogP contribution in [0.2, 0.25) is 0 Å². The molecule has 4 heterocycles. The van der Waals surface area contributed by atoms with Gasteiger partial charge in [-0.3, -0.25) is 24.0 Å². The number of unbranched alkanes of at least 4 members (excludes halogenated alkanes) is 1. The van der Waals surface area contributed by atoms with Crippen molar-refractivity contribution in [2.24, 2.45) is 11.3 Å². The number of hydrogen-bond donors (Lipinski definition) is 3. The molecule has 6 atom stereocenters. The molecule has 0 saturated carbocycles. The average Bonchev–Trinajstić information content (AvgIpc) is 3.79. The van der Waals surface area contributed by atoms with Crippen molar-refractivity contribution >= 4 is 40.7 Å². The second-order valence-electron chi connectivity index (χ2n) is 24.1. The first-order chi connectivity index (χ1) is 36.3. The Morgan fingerprint density at radius 1 is 0.961 bits per heavy atom. The average molecular weight is 1070 g/mol. The Balaban J connectivity index is 0.970. The van der Waals surface area contributed by atoms with Gasteiger partial charge in [0.1, 0.15) is 24.6 Å². The largest absolute Gasteiger partial charge is 0.460 e. The van der Waals surface area contributed by atoms with E-state index in [2.05, 4.69) is 22.9 Å². The van der Waals surface area contributed by atoms with Crippen LogP contribution in [0.4, 0.5) is 9.18 Å². The number of nitrogens with zero attached hydrogens (tertiary/aromatic N) is 3. The van der Waals surface area contributed by atoms with Crippen molar-refractivity contribution in [1.82, 2.24) is 30.4 Å². The third-order valence-electron chi connectivity index (χ3n) is 16.3. The fourth-order valence-electron chi connectivity index (χ4n) is 11.1. The molecule has 3 aromatic rings. The smallest absolute Gasteiger partial charge is 0.410 e. The number of hydrogen-bond acceptors (Lipinski definition) is 11. The normalized spacial score (nSPS) is 20.4. The summed E-state index contributed by atoms with van der Waals surface area (Å²) in [4.78, 5) is 89.1.